The average Bonchev–Trinajstić information content (AvgIpc) is 2.69. The molecule has 1 aromatic heterocycles. The summed E-state index contributed by atoms with van der Waals surface area (Å²) in [7, 11) is 0. The van der Waals surface area contributed by atoms with Gasteiger partial charge in [0.15, 0.2) is 5.16 Å². The van der Waals surface area contributed by atoms with Gasteiger partial charge < -0.3 is 5.32 Å². The molecule has 7 heteroatoms. The van der Waals surface area contributed by atoms with Gasteiger partial charge in [-0.2, -0.15) is 0 Å². The van der Waals surface area contributed by atoms with Gasteiger partial charge in [0.2, 0.25) is 5.91 Å². The predicted molar refractivity (Wildman–Crippen MR) is 115 cm³/mol. The molecule has 2 aromatic carbocycles. The normalized spacial score (nSPS) is 12.3. The fourth-order valence-corrected chi connectivity index (χ4v) is 3.80. The van der Waals surface area contributed by atoms with E-state index >= 15 is 0 Å². The van der Waals surface area contributed by atoms with Crippen LogP contribution in [0.1, 0.15) is 27.2 Å². The van der Waals surface area contributed by atoms with Gasteiger partial charge in [-0.3, -0.25) is 14.2 Å². The van der Waals surface area contributed by atoms with Gasteiger partial charge in [-0.25, -0.2) is 9.37 Å². The van der Waals surface area contributed by atoms with Crippen molar-refractivity contribution in [2.45, 2.75) is 37.6 Å². The summed E-state index contributed by atoms with van der Waals surface area (Å²) in [6.45, 7) is 6.60. The van der Waals surface area contributed by atoms with E-state index in [0.29, 0.717) is 34.2 Å². The first-order valence-electron chi connectivity index (χ1n) is 9.59. The molecule has 0 spiro atoms. The summed E-state index contributed by atoms with van der Waals surface area (Å²) in [5.41, 5.74) is 0.812. The van der Waals surface area contributed by atoms with E-state index in [-0.39, 0.29) is 17.3 Å². The number of thioether (sulfide) groups is 1. The van der Waals surface area contributed by atoms with Gasteiger partial charge >= 0.3 is 0 Å². The molecule has 0 aliphatic rings. The Bertz CT molecular complexity index is 1060. The van der Waals surface area contributed by atoms with E-state index in [9.17, 15) is 14.0 Å². The van der Waals surface area contributed by atoms with Gasteiger partial charge in [-0.15, -0.1) is 0 Å². The highest BCUT2D eigenvalue weighted by atomic mass is 32.2. The zero-order valence-electron chi connectivity index (χ0n) is 16.7. The molecule has 1 atom stereocenters. The van der Waals surface area contributed by atoms with Gasteiger partial charge in [0.05, 0.1) is 21.8 Å². The summed E-state index contributed by atoms with van der Waals surface area (Å²) in [4.78, 5) is 30.2. The Labute approximate surface area is 173 Å². The lowest BCUT2D eigenvalue weighted by Crippen LogP contribution is -2.33. The number of benzene rings is 2. The molecule has 0 aliphatic carbocycles. The van der Waals surface area contributed by atoms with E-state index in [1.165, 1.54) is 40.6 Å². The molecule has 1 N–H and O–H groups in total. The second-order valence-corrected chi connectivity index (χ2v) is 8.57. The van der Waals surface area contributed by atoms with E-state index in [0.717, 1.165) is 6.42 Å². The van der Waals surface area contributed by atoms with E-state index in [1.54, 1.807) is 25.1 Å². The second kappa shape index (κ2) is 9.22. The third-order valence-corrected chi connectivity index (χ3v) is 5.55. The molecule has 1 amide bonds. The molecule has 1 heterocycles. The van der Waals surface area contributed by atoms with Crippen molar-refractivity contribution in [1.29, 1.82) is 0 Å². The van der Waals surface area contributed by atoms with Crippen LogP contribution in [0.5, 0.6) is 0 Å². The third-order valence-electron chi connectivity index (χ3n) is 4.50. The molecule has 5 nitrogen and oxygen atoms in total. The van der Waals surface area contributed by atoms with Crippen LogP contribution < -0.4 is 10.9 Å². The lowest BCUT2D eigenvalue weighted by Gasteiger charge is -2.16. The maximum atomic E-state index is 13.4. The Hall–Kier alpha value is -2.67. The van der Waals surface area contributed by atoms with Crippen LogP contribution in [0.2, 0.25) is 0 Å². The first kappa shape index (κ1) is 21.0. The van der Waals surface area contributed by atoms with Crippen molar-refractivity contribution in [3.05, 3.63) is 64.7 Å². The van der Waals surface area contributed by atoms with E-state index < -0.39 is 5.25 Å². The van der Waals surface area contributed by atoms with Gasteiger partial charge in [0.1, 0.15) is 5.82 Å². The fourth-order valence-electron chi connectivity index (χ4n) is 2.85. The number of nitrogens with zero attached hydrogens (tertiary/aromatic N) is 2. The molecule has 0 saturated carbocycles. The Balaban J connectivity index is 1.97. The molecule has 0 bridgehead atoms. The molecular weight excluding hydrogens is 389 g/mol. The highest BCUT2D eigenvalue weighted by molar-refractivity contribution is 8.00. The largest absolute Gasteiger partial charge is 0.355 e. The number of fused-ring (bicyclic) bond motifs is 1. The molecular formula is C22H24FN3O2S. The van der Waals surface area contributed by atoms with Gasteiger partial charge in [0.25, 0.3) is 5.56 Å². The summed E-state index contributed by atoms with van der Waals surface area (Å²) >= 11 is 1.21. The number of hydrogen-bond acceptors (Lipinski definition) is 4. The number of nitrogens with one attached hydrogen (secondary N) is 1. The molecule has 1 unspecified atom stereocenters. The van der Waals surface area contributed by atoms with Gasteiger partial charge in [-0.05, 0) is 55.7 Å². The summed E-state index contributed by atoms with van der Waals surface area (Å²) < 4.78 is 14.8. The Morgan fingerprint density at radius 2 is 1.83 bits per heavy atom. The molecule has 3 aromatic rings. The van der Waals surface area contributed by atoms with E-state index in [4.69, 9.17) is 0 Å². The highest BCUT2D eigenvalue weighted by Gasteiger charge is 2.20. The summed E-state index contributed by atoms with van der Waals surface area (Å²) in [6.07, 6.45) is 0.900. The van der Waals surface area contributed by atoms with Crippen LogP contribution in [0.25, 0.3) is 16.6 Å². The van der Waals surface area contributed by atoms with E-state index in [2.05, 4.69) is 24.1 Å². The zero-order chi connectivity index (χ0) is 21.0. The number of aromatic nitrogens is 2. The highest BCUT2D eigenvalue weighted by Crippen LogP contribution is 2.25. The Kier molecular flexibility index (Phi) is 6.69. The van der Waals surface area contributed by atoms with Crippen LogP contribution in [-0.4, -0.2) is 27.3 Å². The summed E-state index contributed by atoms with van der Waals surface area (Å²) in [5, 5.41) is 3.35. The van der Waals surface area contributed by atoms with Crippen molar-refractivity contribution in [3.8, 4) is 5.69 Å². The lowest BCUT2D eigenvalue weighted by molar-refractivity contribution is -0.120. The van der Waals surface area contributed by atoms with Crippen LogP contribution >= 0.6 is 11.8 Å². The zero-order valence-corrected chi connectivity index (χ0v) is 17.5. The van der Waals surface area contributed by atoms with Crippen molar-refractivity contribution in [3.63, 3.8) is 0 Å². The van der Waals surface area contributed by atoms with E-state index in [1.807, 2.05) is 6.07 Å². The standard InChI is InChI=1S/C22H24FN3O2S/c1-14(2)12-13-24-20(27)15(3)29-22-25-19-7-5-4-6-18(19)21(28)26(22)17-10-8-16(23)9-11-17/h4-11,14-15H,12-13H2,1-3H3,(H,24,27). The van der Waals surface area contributed by atoms with Crippen molar-refractivity contribution in [1.82, 2.24) is 14.9 Å². The number of carbonyl (C=O) groups is 1. The molecule has 0 saturated heterocycles. The molecule has 0 radical (unpaired) electrons. The topological polar surface area (TPSA) is 64.0 Å². The van der Waals surface area contributed by atoms with Crippen LogP contribution in [0.4, 0.5) is 4.39 Å². The number of hydrogen-bond donors (Lipinski definition) is 1. The quantitative estimate of drug-likeness (QED) is 0.466. The van der Waals surface area contributed by atoms with Gasteiger partial charge in [0, 0.05) is 6.54 Å². The first-order valence-corrected chi connectivity index (χ1v) is 10.5. The molecule has 0 fully saturated rings. The van der Waals surface area contributed by atoms with Crippen LogP contribution in [0, 0.1) is 11.7 Å². The minimum Gasteiger partial charge on any atom is -0.355 e. The minimum atomic E-state index is -0.443. The molecule has 152 valence electrons. The smallest absolute Gasteiger partial charge is 0.266 e. The SMILES string of the molecule is CC(C)CCNC(=O)C(C)Sc1nc2ccccc2c(=O)n1-c1ccc(F)cc1. The monoisotopic (exact) mass is 413 g/mol. The first-order chi connectivity index (χ1) is 13.9. The number of amides is 1. The lowest BCUT2D eigenvalue weighted by atomic mass is 10.1. The molecule has 0 aliphatic heterocycles. The van der Waals surface area contributed by atoms with Crippen molar-refractivity contribution in [2.24, 2.45) is 5.92 Å². The van der Waals surface area contributed by atoms with Crippen LogP contribution in [0.15, 0.2) is 58.5 Å². The maximum Gasteiger partial charge on any atom is 0.266 e. The minimum absolute atomic E-state index is 0.108. The number of rotatable bonds is 7. The number of para-hydroxylation sites is 1. The van der Waals surface area contributed by atoms with Crippen LogP contribution in [0.3, 0.4) is 0 Å². The Morgan fingerprint density at radius 3 is 2.52 bits per heavy atom. The number of halogens is 1. The molecule has 3 rings (SSSR count). The number of carbonyl (C=O) groups excluding carboxylic acids is 1. The van der Waals surface area contributed by atoms with Crippen molar-refractivity contribution < 1.29 is 9.18 Å². The maximum absolute atomic E-state index is 13.4. The predicted octanol–water partition coefficient (Wildman–Crippen LogP) is 4.17. The summed E-state index contributed by atoms with van der Waals surface area (Å²) in [5.74, 6) is 0.00966. The second-order valence-electron chi connectivity index (χ2n) is 7.26. The molecule has 29 heavy (non-hydrogen) atoms. The fraction of sp³-hybridized carbons (Fsp3) is 0.318. The van der Waals surface area contributed by atoms with Gasteiger partial charge in [-0.1, -0.05) is 37.7 Å². The third kappa shape index (κ3) is 5.03. The van der Waals surface area contributed by atoms with Crippen molar-refractivity contribution in [2.75, 3.05) is 6.54 Å². The Morgan fingerprint density at radius 1 is 1.14 bits per heavy atom. The summed E-state index contributed by atoms with van der Waals surface area (Å²) in [6, 6.07) is 12.7. The van der Waals surface area contributed by atoms with Crippen molar-refractivity contribution >= 4 is 28.6 Å². The van der Waals surface area contributed by atoms with Crippen LogP contribution in [-0.2, 0) is 4.79 Å². The average molecular weight is 414 g/mol.